The van der Waals surface area contributed by atoms with E-state index in [1.54, 1.807) is 24.3 Å². The highest BCUT2D eigenvalue weighted by Crippen LogP contribution is 2.32. The van der Waals surface area contributed by atoms with E-state index in [0.29, 0.717) is 41.6 Å². The predicted octanol–water partition coefficient (Wildman–Crippen LogP) is 5.34. The molecule has 0 unspecified atom stereocenters. The normalized spacial score (nSPS) is 10.6. The number of carbonyl (C=O) groups excluding carboxylic acids is 1. The van der Waals surface area contributed by atoms with Gasteiger partial charge in [0.1, 0.15) is 12.4 Å². The van der Waals surface area contributed by atoms with Crippen LogP contribution in [0.15, 0.2) is 57.0 Å². The fraction of sp³-hybridized carbons (Fsp3) is 0.238. The number of nitrogens with zero attached hydrogens (tertiary/aromatic N) is 1. The molecule has 0 spiro atoms. The maximum absolute atomic E-state index is 12.4. The molecule has 8 heteroatoms. The average molecular weight is 526 g/mol. The van der Waals surface area contributed by atoms with Crippen LogP contribution in [0.5, 0.6) is 17.2 Å². The number of hydrazone groups is 1. The van der Waals surface area contributed by atoms with Crippen LogP contribution in [0.3, 0.4) is 0 Å². The van der Waals surface area contributed by atoms with E-state index in [2.05, 4.69) is 49.0 Å². The summed E-state index contributed by atoms with van der Waals surface area (Å²) in [5.41, 5.74) is 3.60. The van der Waals surface area contributed by atoms with Crippen molar-refractivity contribution < 1.29 is 19.0 Å². The molecule has 0 radical (unpaired) electrons. The molecule has 0 heterocycles. The molecule has 2 rings (SSSR count). The van der Waals surface area contributed by atoms with Gasteiger partial charge in [0.25, 0.3) is 5.91 Å². The van der Waals surface area contributed by atoms with Crippen LogP contribution in [-0.2, 0) is 0 Å². The number of hydrogen-bond acceptors (Lipinski definition) is 5. The van der Waals surface area contributed by atoms with Crippen molar-refractivity contribution >= 4 is 44.0 Å². The van der Waals surface area contributed by atoms with Crippen molar-refractivity contribution in [1.29, 1.82) is 0 Å². The zero-order valence-electron chi connectivity index (χ0n) is 16.2. The van der Waals surface area contributed by atoms with Crippen molar-refractivity contribution in [3.63, 3.8) is 0 Å². The summed E-state index contributed by atoms with van der Waals surface area (Å²) in [7, 11) is 1.53. The van der Waals surface area contributed by atoms with E-state index in [1.165, 1.54) is 13.3 Å². The summed E-state index contributed by atoms with van der Waals surface area (Å²) in [5.74, 6) is 1.32. The first-order valence-corrected chi connectivity index (χ1v) is 10.5. The van der Waals surface area contributed by atoms with Crippen molar-refractivity contribution in [3.8, 4) is 17.2 Å². The largest absolute Gasteiger partial charge is 0.493 e. The van der Waals surface area contributed by atoms with Crippen LogP contribution in [0.1, 0.15) is 29.3 Å². The number of nitrogens with one attached hydrogen (secondary N) is 1. The summed E-state index contributed by atoms with van der Waals surface area (Å²) in [5, 5.41) is 4.05. The molecule has 0 atom stereocenters. The minimum absolute atomic E-state index is 0.347. The smallest absolute Gasteiger partial charge is 0.271 e. The Morgan fingerprint density at radius 1 is 1.21 bits per heavy atom. The van der Waals surface area contributed by atoms with Crippen LogP contribution in [-0.4, -0.2) is 32.4 Å². The van der Waals surface area contributed by atoms with E-state index >= 15 is 0 Å². The van der Waals surface area contributed by atoms with Crippen molar-refractivity contribution in [2.45, 2.75) is 13.3 Å². The predicted molar refractivity (Wildman–Crippen MR) is 121 cm³/mol. The second-order valence-corrected chi connectivity index (χ2v) is 7.59. The highest BCUT2D eigenvalue weighted by Gasteiger charge is 2.12. The minimum Gasteiger partial charge on any atom is -0.493 e. The van der Waals surface area contributed by atoms with Crippen LogP contribution in [0.4, 0.5) is 0 Å². The number of halogens is 2. The molecule has 154 valence electrons. The van der Waals surface area contributed by atoms with Crippen molar-refractivity contribution in [2.75, 3.05) is 20.3 Å². The number of amides is 1. The molecule has 2 aromatic carbocycles. The molecule has 1 N–H and O–H groups in total. The van der Waals surface area contributed by atoms with Gasteiger partial charge in [0.05, 0.1) is 24.4 Å². The maximum Gasteiger partial charge on any atom is 0.271 e. The fourth-order valence-corrected chi connectivity index (χ4v) is 3.71. The first-order valence-electron chi connectivity index (χ1n) is 8.87. The first kappa shape index (κ1) is 23.0. The van der Waals surface area contributed by atoms with E-state index in [1.807, 2.05) is 19.1 Å². The number of carbonyl (C=O) groups is 1. The quantitative estimate of drug-likeness (QED) is 0.258. The number of rotatable bonds is 10. The first-order chi connectivity index (χ1) is 14.0. The van der Waals surface area contributed by atoms with Gasteiger partial charge in [-0.1, -0.05) is 35.5 Å². The lowest BCUT2D eigenvalue weighted by atomic mass is 10.2. The standard InChI is InChI=1S/C21H22Br2N2O4/c1-4-8-28-18-7-6-14(11-19(18)27-3)21(26)25-24-13-15-10-16(22)12-17(23)20(15)29-9-5-2/h5-7,10-13H,2,4,8-9H2,1,3H3,(H,25,26)/b24-13+. The molecular weight excluding hydrogens is 504 g/mol. The van der Waals surface area contributed by atoms with E-state index in [4.69, 9.17) is 14.2 Å². The zero-order chi connectivity index (χ0) is 21.2. The van der Waals surface area contributed by atoms with Crippen molar-refractivity contribution in [2.24, 2.45) is 5.10 Å². The lowest BCUT2D eigenvalue weighted by Crippen LogP contribution is -2.17. The molecular formula is C21H22Br2N2O4. The Kier molecular flexibility index (Phi) is 9.21. The Morgan fingerprint density at radius 3 is 2.69 bits per heavy atom. The lowest BCUT2D eigenvalue weighted by Gasteiger charge is -2.11. The molecule has 29 heavy (non-hydrogen) atoms. The van der Waals surface area contributed by atoms with Crippen LogP contribution in [0.2, 0.25) is 0 Å². The second kappa shape index (κ2) is 11.6. The zero-order valence-corrected chi connectivity index (χ0v) is 19.4. The van der Waals surface area contributed by atoms with E-state index in [9.17, 15) is 4.79 Å². The molecule has 2 aromatic rings. The molecule has 0 saturated carbocycles. The number of hydrogen-bond donors (Lipinski definition) is 1. The van der Waals surface area contributed by atoms with Crippen LogP contribution >= 0.6 is 31.9 Å². The fourth-order valence-electron chi connectivity index (χ4n) is 2.34. The highest BCUT2D eigenvalue weighted by atomic mass is 79.9. The van der Waals surface area contributed by atoms with E-state index in [0.717, 1.165) is 15.4 Å². The minimum atomic E-state index is -0.371. The summed E-state index contributed by atoms with van der Waals surface area (Å²) < 4.78 is 18.2. The monoisotopic (exact) mass is 524 g/mol. The molecule has 0 saturated heterocycles. The Bertz CT molecular complexity index is 900. The summed E-state index contributed by atoms with van der Waals surface area (Å²) >= 11 is 6.90. The molecule has 0 aromatic heterocycles. The molecule has 0 fully saturated rings. The summed E-state index contributed by atoms with van der Waals surface area (Å²) in [6.45, 7) is 6.59. The Morgan fingerprint density at radius 2 is 2.00 bits per heavy atom. The Hall–Kier alpha value is -2.32. The van der Waals surface area contributed by atoms with Gasteiger partial charge in [-0.15, -0.1) is 0 Å². The van der Waals surface area contributed by atoms with E-state index < -0.39 is 0 Å². The van der Waals surface area contributed by atoms with Crippen LogP contribution < -0.4 is 19.6 Å². The highest BCUT2D eigenvalue weighted by molar-refractivity contribution is 9.11. The number of benzene rings is 2. The molecule has 1 amide bonds. The van der Waals surface area contributed by atoms with Crippen LogP contribution in [0.25, 0.3) is 0 Å². The summed E-state index contributed by atoms with van der Waals surface area (Å²) in [6.07, 6.45) is 4.05. The third kappa shape index (κ3) is 6.61. The van der Waals surface area contributed by atoms with Gasteiger partial charge in [0, 0.05) is 15.6 Å². The van der Waals surface area contributed by atoms with Crippen molar-refractivity contribution in [1.82, 2.24) is 5.43 Å². The topological polar surface area (TPSA) is 69.2 Å². The SMILES string of the molecule is C=CCOc1c(Br)cc(Br)cc1/C=N/NC(=O)c1ccc(OCCC)c(OC)c1. The summed E-state index contributed by atoms with van der Waals surface area (Å²) in [4.78, 5) is 12.4. The van der Waals surface area contributed by atoms with Gasteiger partial charge in [0.2, 0.25) is 0 Å². The van der Waals surface area contributed by atoms with E-state index in [-0.39, 0.29) is 5.91 Å². The van der Waals surface area contributed by atoms with Gasteiger partial charge in [-0.2, -0.15) is 5.10 Å². The van der Waals surface area contributed by atoms with Gasteiger partial charge < -0.3 is 14.2 Å². The summed E-state index contributed by atoms with van der Waals surface area (Å²) in [6, 6.07) is 8.68. The van der Waals surface area contributed by atoms with Gasteiger partial charge in [-0.25, -0.2) is 5.43 Å². The van der Waals surface area contributed by atoms with Crippen molar-refractivity contribution in [3.05, 3.63) is 63.1 Å². The second-order valence-electron chi connectivity index (χ2n) is 5.82. The Balaban J connectivity index is 2.14. The van der Waals surface area contributed by atoms with Gasteiger partial charge in [-0.3, -0.25) is 4.79 Å². The lowest BCUT2D eigenvalue weighted by molar-refractivity contribution is 0.0954. The van der Waals surface area contributed by atoms with Crippen LogP contribution in [0, 0.1) is 0 Å². The third-order valence-electron chi connectivity index (χ3n) is 3.64. The van der Waals surface area contributed by atoms with Gasteiger partial charge in [0.15, 0.2) is 11.5 Å². The molecule has 0 aliphatic rings. The molecule has 0 aliphatic heterocycles. The number of methoxy groups -OCH3 is 1. The Labute approximate surface area is 187 Å². The maximum atomic E-state index is 12.4. The molecule has 0 bridgehead atoms. The van der Waals surface area contributed by atoms with Gasteiger partial charge >= 0.3 is 0 Å². The van der Waals surface area contributed by atoms with Gasteiger partial charge in [-0.05, 0) is 52.7 Å². The molecule has 6 nitrogen and oxygen atoms in total. The third-order valence-corrected chi connectivity index (χ3v) is 4.69. The average Bonchev–Trinajstić information content (AvgIpc) is 2.71. The molecule has 0 aliphatic carbocycles. The number of ether oxygens (including phenoxy) is 3.